The average molecular weight is 561 g/mol. The van der Waals surface area contributed by atoms with Gasteiger partial charge in [0.25, 0.3) is 15.7 Å². The number of morpholine rings is 1. The van der Waals surface area contributed by atoms with Crippen molar-refractivity contribution in [3.63, 3.8) is 0 Å². The van der Waals surface area contributed by atoms with Crippen LogP contribution < -0.4 is 9.62 Å². The van der Waals surface area contributed by atoms with E-state index in [4.69, 9.17) is 4.74 Å². The number of para-hydroxylation sites is 2. The third-order valence-electron chi connectivity index (χ3n) is 5.71. The highest BCUT2D eigenvalue weighted by molar-refractivity contribution is 7.93. The maximum Gasteiger partial charge on any atom is 0.289 e. The molecule has 1 heterocycles. The van der Waals surface area contributed by atoms with E-state index in [1.54, 1.807) is 18.2 Å². The minimum absolute atomic E-state index is 0.0438. The fourth-order valence-electron chi connectivity index (χ4n) is 3.83. The first kappa shape index (κ1) is 27.2. The van der Waals surface area contributed by atoms with Crippen LogP contribution in [0.15, 0.2) is 88.7 Å². The molecule has 0 atom stereocenters. The van der Waals surface area contributed by atoms with Gasteiger partial charge in [-0.25, -0.2) is 16.8 Å². The summed E-state index contributed by atoms with van der Waals surface area (Å²) in [7, 11) is -8.25. The molecule has 0 aromatic heterocycles. The molecule has 1 aliphatic heterocycles. The van der Waals surface area contributed by atoms with Crippen molar-refractivity contribution in [3.8, 4) is 0 Å². The van der Waals surface area contributed by atoms with Gasteiger partial charge in [0.2, 0.25) is 15.9 Å². The van der Waals surface area contributed by atoms with Crippen LogP contribution >= 0.6 is 0 Å². The highest BCUT2D eigenvalue weighted by Crippen LogP contribution is 2.30. The lowest BCUT2D eigenvalue weighted by molar-refractivity contribution is -0.387. The number of nitrogens with zero attached hydrogens (tertiary/aromatic N) is 3. The van der Waals surface area contributed by atoms with Gasteiger partial charge in [0.05, 0.1) is 28.7 Å². The number of ether oxygens (including phenoxy) is 1. The van der Waals surface area contributed by atoms with E-state index in [2.05, 4.69) is 5.32 Å². The molecule has 1 aliphatic rings. The van der Waals surface area contributed by atoms with E-state index in [-0.39, 0.29) is 29.4 Å². The molecule has 14 heteroatoms. The first-order valence-corrected chi connectivity index (χ1v) is 14.3. The van der Waals surface area contributed by atoms with Gasteiger partial charge in [-0.05, 0) is 42.5 Å². The fraction of sp³-hybridized carbons (Fsp3) is 0.208. The summed E-state index contributed by atoms with van der Waals surface area (Å²) in [5.41, 5.74) is -0.245. The van der Waals surface area contributed by atoms with E-state index in [1.165, 1.54) is 52.8 Å². The summed E-state index contributed by atoms with van der Waals surface area (Å²) in [5, 5.41) is 14.0. The Balaban J connectivity index is 1.57. The van der Waals surface area contributed by atoms with E-state index in [9.17, 15) is 31.7 Å². The number of carbonyl (C=O) groups is 1. The quantitative estimate of drug-likeness (QED) is 0.309. The lowest BCUT2D eigenvalue weighted by atomic mass is 10.3. The number of nitro benzene ring substituents is 1. The first-order valence-electron chi connectivity index (χ1n) is 11.4. The predicted molar refractivity (Wildman–Crippen MR) is 139 cm³/mol. The fourth-order valence-corrected chi connectivity index (χ4v) is 6.82. The van der Waals surface area contributed by atoms with E-state index >= 15 is 0 Å². The van der Waals surface area contributed by atoms with Crippen LogP contribution in [0.25, 0.3) is 0 Å². The molecule has 0 spiro atoms. The summed E-state index contributed by atoms with van der Waals surface area (Å²) in [6.45, 7) is 0.404. The highest BCUT2D eigenvalue weighted by atomic mass is 32.2. The van der Waals surface area contributed by atoms with Gasteiger partial charge in [-0.3, -0.25) is 19.2 Å². The largest absolute Gasteiger partial charge is 0.379 e. The summed E-state index contributed by atoms with van der Waals surface area (Å²) in [6.07, 6.45) is 0. The number of benzene rings is 3. The maximum atomic E-state index is 13.5. The molecule has 0 radical (unpaired) electrons. The number of anilines is 2. The van der Waals surface area contributed by atoms with Crippen LogP contribution in [0, 0.1) is 10.1 Å². The molecule has 4 rings (SSSR count). The molecule has 200 valence electrons. The summed E-state index contributed by atoms with van der Waals surface area (Å²) in [6, 6.07) is 18.1. The van der Waals surface area contributed by atoms with E-state index in [0.29, 0.717) is 13.2 Å². The van der Waals surface area contributed by atoms with Crippen molar-refractivity contribution < 1.29 is 31.3 Å². The SMILES string of the molecule is O=C(CN(c1ccccc1)S(=O)(=O)c1ccccc1[N+](=O)[O-])Nc1ccc(S(=O)(=O)N2CCOCC2)cc1. The van der Waals surface area contributed by atoms with Crippen LogP contribution in [0.4, 0.5) is 17.1 Å². The zero-order valence-corrected chi connectivity index (χ0v) is 21.6. The Bertz CT molecular complexity index is 1520. The van der Waals surface area contributed by atoms with Gasteiger partial charge in [0, 0.05) is 24.8 Å². The van der Waals surface area contributed by atoms with Crippen LogP contribution in [0.3, 0.4) is 0 Å². The third-order valence-corrected chi connectivity index (χ3v) is 9.44. The smallest absolute Gasteiger partial charge is 0.289 e. The van der Waals surface area contributed by atoms with Crippen LogP contribution in [-0.4, -0.2) is 64.8 Å². The summed E-state index contributed by atoms with van der Waals surface area (Å²) in [4.78, 5) is 23.1. The van der Waals surface area contributed by atoms with Crippen molar-refractivity contribution in [1.29, 1.82) is 0 Å². The Hall–Kier alpha value is -3.85. The third kappa shape index (κ3) is 5.83. The second-order valence-electron chi connectivity index (χ2n) is 8.16. The number of hydrogen-bond acceptors (Lipinski definition) is 8. The lowest BCUT2D eigenvalue weighted by Gasteiger charge is -2.26. The van der Waals surface area contributed by atoms with Gasteiger partial charge in [-0.2, -0.15) is 4.31 Å². The second-order valence-corrected chi connectivity index (χ2v) is 11.9. The maximum absolute atomic E-state index is 13.5. The average Bonchev–Trinajstić information content (AvgIpc) is 2.93. The molecule has 1 N–H and O–H groups in total. The number of hydrogen-bond donors (Lipinski definition) is 1. The number of sulfonamides is 2. The molecule has 3 aromatic carbocycles. The minimum Gasteiger partial charge on any atom is -0.379 e. The zero-order chi connectivity index (χ0) is 27.3. The molecule has 1 fully saturated rings. The van der Waals surface area contributed by atoms with Gasteiger partial charge >= 0.3 is 0 Å². The molecule has 0 saturated carbocycles. The Kier molecular flexibility index (Phi) is 8.06. The molecule has 0 unspecified atom stereocenters. The predicted octanol–water partition coefficient (Wildman–Crippen LogP) is 2.45. The second kappa shape index (κ2) is 11.3. The zero-order valence-electron chi connectivity index (χ0n) is 20.0. The normalized spacial score (nSPS) is 14.5. The number of carbonyl (C=O) groups excluding carboxylic acids is 1. The van der Waals surface area contributed by atoms with Crippen molar-refractivity contribution in [3.05, 3.63) is 89.0 Å². The van der Waals surface area contributed by atoms with Gasteiger partial charge in [0.15, 0.2) is 4.90 Å². The summed E-state index contributed by atoms with van der Waals surface area (Å²) in [5.74, 6) is -0.736. The number of nitrogens with one attached hydrogen (secondary N) is 1. The molecule has 1 amide bonds. The van der Waals surface area contributed by atoms with Crippen molar-refractivity contribution >= 4 is 43.0 Å². The number of nitro groups is 1. The van der Waals surface area contributed by atoms with Crippen molar-refractivity contribution in [2.45, 2.75) is 9.79 Å². The van der Waals surface area contributed by atoms with Gasteiger partial charge in [-0.1, -0.05) is 30.3 Å². The monoisotopic (exact) mass is 560 g/mol. The molecule has 0 bridgehead atoms. The summed E-state index contributed by atoms with van der Waals surface area (Å²) >= 11 is 0. The molecular weight excluding hydrogens is 536 g/mol. The lowest BCUT2D eigenvalue weighted by Crippen LogP contribution is -2.40. The van der Waals surface area contributed by atoms with Crippen LogP contribution in [0.2, 0.25) is 0 Å². The van der Waals surface area contributed by atoms with Crippen molar-refractivity contribution in [2.24, 2.45) is 0 Å². The Morgan fingerprint density at radius 3 is 2.16 bits per heavy atom. The Labute approximate surface area is 219 Å². The minimum atomic E-state index is -4.52. The van der Waals surface area contributed by atoms with Gasteiger partial charge in [-0.15, -0.1) is 0 Å². The van der Waals surface area contributed by atoms with Crippen LogP contribution in [-0.2, 0) is 29.6 Å². The Morgan fingerprint density at radius 1 is 0.921 bits per heavy atom. The first-order chi connectivity index (χ1) is 18.1. The molecule has 0 aliphatic carbocycles. The number of rotatable bonds is 9. The molecule has 1 saturated heterocycles. The van der Waals surface area contributed by atoms with E-state index in [1.807, 2.05) is 0 Å². The van der Waals surface area contributed by atoms with Crippen LogP contribution in [0.5, 0.6) is 0 Å². The molecule has 12 nitrogen and oxygen atoms in total. The van der Waals surface area contributed by atoms with Gasteiger partial charge in [0.1, 0.15) is 6.54 Å². The summed E-state index contributed by atoms with van der Waals surface area (Å²) < 4.78 is 59.9. The van der Waals surface area contributed by atoms with Crippen molar-refractivity contribution in [1.82, 2.24) is 4.31 Å². The standard InChI is InChI=1S/C24H24N4O8S2/c29-24(25-19-10-12-21(13-11-19)37(32,33)26-14-16-36-17-15-26)18-27(20-6-2-1-3-7-20)38(34,35)23-9-5-4-8-22(23)28(30)31/h1-13H,14-18H2,(H,25,29). The molecular formula is C24H24N4O8S2. The van der Waals surface area contributed by atoms with E-state index < -0.39 is 48.0 Å². The van der Waals surface area contributed by atoms with E-state index in [0.717, 1.165) is 16.4 Å². The van der Waals surface area contributed by atoms with Crippen LogP contribution in [0.1, 0.15) is 0 Å². The van der Waals surface area contributed by atoms with Gasteiger partial charge < -0.3 is 10.1 Å². The topological polar surface area (TPSA) is 156 Å². The van der Waals surface area contributed by atoms with Crippen molar-refractivity contribution in [2.75, 3.05) is 42.5 Å². The molecule has 3 aromatic rings. The highest BCUT2D eigenvalue weighted by Gasteiger charge is 2.33. The number of amides is 1. The Morgan fingerprint density at radius 2 is 1.53 bits per heavy atom. The molecule has 38 heavy (non-hydrogen) atoms.